The van der Waals surface area contributed by atoms with Crippen molar-refractivity contribution in [2.75, 3.05) is 11.0 Å². The first-order valence-corrected chi connectivity index (χ1v) is 12.0. The number of nitrogens with two attached hydrogens (primary N) is 1. The Morgan fingerprint density at radius 2 is 1.64 bits per heavy atom. The van der Waals surface area contributed by atoms with E-state index in [-0.39, 0.29) is 0 Å². The number of anilines is 1. The lowest BCUT2D eigenvalue weighted by Crippen LogP contribution is -2.38. The summed E-state index contributed by atoms with van der Waals surface area (Å²) in [6.07, 6.45) is 7.00. The molecule has 0 saturated heterocycles. The first-order chi connectivity index (χ1) is 13.4. The number of rotatable bonds is 6. The van der Waals surface area contributed by atoms with Gasteiger partial charge in [-0.05, 0) is 49.3 Å². The Labute approximate surface area is 167 Å². The van der Waals surface area contributed by atoms with E-state index in [1.165, 1.54) is 31.1 Å². The monoisotopic (exact) mass is 399 g/mol. The minimum absolute atomic E-state index is 0.389. The van der Waals surface area contributed by atoms with E-state index < -0.39 is 10.0 Å². The molecule has 2 aliphatic carbocycles. The third kappa shape index (κ3) is 4.74. The molecule has 2 aromatic carbocycles. The summed E-state index contributed by atoms with van der Waals surface area (Å²) in [5.41, 5.74) is 9.87. The van der Waals surface area contributed by atoms with Gasteiger partial charge in [0.05, 0.1) is 11.9 Å². The molecule has 5 nitrogen and oxygen atoms in total. The van der Waals surface area contributed by atoms with Gasteiger partial charge in [-0.3, -0.25) is 4.72 Å². The van der Waals surface area contributed by atoms with E-state index in [1.54, 1.807) is 6.07 Å². The van der Waals surface area contributed by atoms with Gasteiger partial charge in [0.25, 0.3) is 0 Å². The molecule has 0 heterocycles. The Kier molecular flexibility index (Phi) is 5.45. The van der Waals surface area contributed by atoms with Crippen LogP contribution in [0.4, 0.5) is 5.69 Å². The van der Waals surface area contributed by atoms with E-state index in [1.807, 2.05) is 18.2 Å². The fraction of sp³-hybridized carbons (Fsp3) is 0.455. The SMILES string of the molecule is CS(=O)(=O)Nc1ccccc1-c1ccc([C@@H]2C[C@H]2NC2CCC(N)CC2)cc1. The minimum Gasteiger partial charge on any atom is -0.328 e. The third-order valence-electron chi connectivity index (χ3n) is 5.88. The number of sulfonamides is 1. The summed E-state index contributed by atoms with van der Waals surface area (Å²) in [6, 6.07) is 17.6. The van der Waals surface area contributed by atoms with Crippen LogP contribution in [-0.4, -0.2) is 32.8 Å². The molecule has 0 amide bonds. The zero-order valence-corrected chi connectivity index (χ0v) is 17.1. The molecule has 2 saturated carbocycles. The van der Waals surface area contributed by atoms with Gasteiger partial charge in [-0.1, -0.05) is 42.5 Å². The van der Waals surface area contributed by atoms with Gasteiger partial charge >= 0.3 is 0 Å². The van der Waals surface area contributed by atoms with Crippen molar-refractivity contribution in [2.24, 2.45) is 5.73 Å². The van der Waals surface area contributed by atoms with Gasteiger partial charge < -0.3 is 11.1 Å². The molecule has 4 N–H and O–H groups in total. The fourth-order valence-electron chi connectivity index (χ4n) is 4.27. The first-order valence-electron chi connectivity index (χ1n) is 10.1. The third-order valence-corrected chi connectivity index (χ3v) is 6.48. The van der Waals surface area contributed by atoms with Crippen LogP contribution in [0, 0.1) is 0 Å². The van der Waals surface area contributed by atoms with Crippen molar-refractivity contribution in [1.29, 1.82) is 0 Å². The molecular formula is C22H29N3O2S. The van der Waals surface area contributed by atoms with E-state index in [4.69, 9.17) is 5.73 Å². The summed E-state index contributed by atoms with van der Waals surface area (Å²) in [4.78, 5) is 0. The van der Waals surface area contributed by atoms with Gasteiger partial charge in [-0.2, -0.15) is 0 Å². The average Bonchev–Trinajstić information content (AvgIpc) is 3.42. The van der Waals surface area contributed by atoms with Crippen molar-refractivity contribution in [2.45, 2.75) is 56.1 Å². The lowest BCUT2D eigenvalue weighted by molar-refractivity contribution is 0.339. The Balaban J connectivity index is 1.42. The van der Waals surface area contributed by atoms with E-state index in [2.05, 4.69) is 34.3 Å². The molecule has 2 aromatic rings. The average molecular weight is 400 g/mol. The number of benzene rings is 2. The van der Waals surface area contributed by atoms with Crippen LogP contribution in [0.1, 0.15) is 43.6 Å². The molecule has 28 heavy (non-hydrogen) atoms. The lowest BCUT2D eigenvalue weighted by atomic mass is 9.92. The van der Waals surface area contributed by atoms with Crippen molar-refractivity contribution in [3.05, 3.63) is 54.1 Å². The minimum atomic E-state index is -3.31. The first kappa shape index (κ1) is 19.4. The van der Waals surface area contributed by atoms with E-state index >= 15 is 0 Å². The van der Waals surface area contributed by atoms with Crippen molar-refractivity contribution < 1.29 is 8.42 Å². The molecular weight excluding hydrogens is 370 g/mol. The van der Waals surface area contributed by atoms with Crippen molar-refractivity contribution in [3.8, 4) is 11.1 Å². The van der Waals surface area contributed by atoms with Crippen LogP contribution in [0.15, 0.2) is 48.5 Å². The molecule has 0 spiro atoms. The maximum absolute atomic E-state index is 11.6. The second-order valence-electron chi connectivity index (χ2n) is 8.27. The predicted octanol–water partition coefficient (Wildman–Crippen LogP) is 3.44. The summed E-state index contributed by atoms with van der Waals surface area (Å²) in [5, 5.41) is 3.81. The van der Waals surface area contributed by atoms with Gasteiger partial charge in [-0.25, -0.2) is 8.42 Å². The molecule has 6 heteroatoms. The summed E-state index contributed by atoms with van der Waals surface area (Å²) in [7, 11) is -3.31. The smallest absolute Gasteiger partial charge is 0.229 e. The summed E-state index contributed by atoms with van der Waals surface area (Å²) < 4.78 is 25.9. The molecule has 2 fully saturated rings. The molecule has 0 radical (unpaired) electrons. The molecule has 2 atom stereocenters. The number of nitrogens with one attached hydrogen (secondary N) is 2. The zero-order chi connectivity index (χ0) is 19.7. The second-order valence-corrected chi connectivity index (χ2v) is 10.0. The molecule has 150 valence electrons. The largest absolute Gasteiger partial charge is 0.328 e. The van der Waals surface area contributed by atoms with Gasteiger partial charge in [0.2, 0.25) is 10.0 Å². The van der Waals surface area contributed by atoms with Crippen LogP contribution in [0.25, 0.3) is 11.1 Å². The Morgan fingerprint density at radius 3 is 2.32 bits per heavy atom. The normalized spacial score (nSPS) is 27.4. The maximum Gasteiger partial charge on any atom is 0.229 e. The van der Waals surface area contributed by atoms with Crippen LogP contribution < -0.4 is 15.8 Å². The van der Waals surface area contributed by atoms with E-state index in [9.17, 15) is 8.42 Å². The van der Waals surface area contributed by atoms with Gasteiger partial charge in [0.15, 0.2) is 0 Å². The van der Waals surface area contributed by atoms with Crippen LogP contribution in [0.5, 0.6) is 0 Å². The summed E-state index contributed by atoms with van der Waals surface area (Å²) >= 11 is 0. The number of hydrogen-bond donors (Lipinski definition) is 3. The van der Waals surface area contributed by atoms with Gasteiger partial charge in [0, 0.05) is 29.6 Å². The van der Waals surface area contributed by atoms with Crippen molar-refractivity contribution >= 4 is 15.7 Å². The zero-order valence-electron chi connectivity index (χ0n) is 16.3. The van der Waals surface area contributed by atoms with Gasteiger partial charge in [-0.15, -0.1) is 0 Å². The summed E-state index contributed by atoms with van der Waals surface area (Å²) in [6.45, 7) is 0. The van der Waals surface area contributed by atoms with Crippen molar-refractivity contribution in [3.63, 3.8) is 0 Å². The second kappa shape index (κ2) is 7.85. The maximum atomic E-state index is 11.6. The lowest BCUT2D eigenvalue weighted by Gasteiger charge is -2.27. The number of hydrogen-bond acceptors (Lipinski definition) is 4. The van der Waals surface area contributed by atoms with E-state index in [0.29, 0.717) is 29.7 Å². The standard InChI is InChI=1S/C22H29N3O2S/c1-28(26,27)25-21-5-3-2-4-19(21)15-6-8-16(9-7-15)20-14-22(20)24-18-12-10-17(23)11-13-18/h2-9,17-18,20,22,24-25H,10-14,23H2,1H3/t17?,18?,20-,22+/m0/s1. The molecule has 2 aliphatic rings. The Hall–Kier alpha value is -1.89. The highest BCUT2D eigenvalue weighted by Crippen LogP contribution is 2.42. The molecule has 0 bridgehead atoms. The highest BCUT2D eigenvalue weighted by atomic mass is 32.2. The van der Waals surface area contributed by atoms with Crippen LogP contribution in [0.2, 0.25) is 0 Å². The predicted molar refractivity (Wildman–Crippen MR) is 115 cm³/mol. The fourth-order valence-corrected chi connectivity index (χ4v) is 4.85. The topological polar surface area (TPSA) is 84.2 Å². The molecule has 0 aliphatic heterocycles. The molecule has 0 unspecified atom stereocenters. The molecule has 4 rings (SSSR count). The molecule has 0 aromatic heterocycles. The highest BCUT2D eigenvalue weighted by molar-refractivity contribution is 7.92. The quantitative estimate of drug-likeness (QED) is 0.695. The van der Waals surface area contributed by atoms with Gasteiger partial charge in [0.1, 0.15) is 0 Å². The number of para-hydroxylation sites is 1. The van der Waals surface area contributed by atoms with Crippen LogP contribution in [-0.2, 0) is 10.0 Å². The van der Waals surface area contributed by atoms with E-state index in [0.717, 1.165) is 24.0 Å². The summed E-state index contributed by atoms with van der Waals surface area (Å²) in [5.74, 6) is 0.578. The Bertz CT molecular complexity index is 919. The van der Waals surface area contributed by atoms with Crippen LogP contribution in [0.3, 0.4) is 0 Å². The Morgan fingerprint density at radius 1 is 0.964 bits per heavy atom. The highest BCUT2D eigenvalue weighted by Gasteiger charge is 2.39. The van der Waals surface area contributed by atoms with Crippen LogP contribution >= 0.6 is 0 Å². The van der Waals surface area contributed by atoms with Crippen molar-refractivity contribution in [1.82, 2.24) is 5.32 Å².